The van der Waals surface area contributed by atoms with E-state index in [1.54, 1.807) is 0 Å². The molecule has 0 spiro atoms. The molecule has 0 heterocycles. The Kier molecular flexibility index (Phi) is 1.86. The van der Waals surface area contributed by atoms with Gasteiger partial charge in [-0.25, -0.2) is 4.39 Å². The maximum Gasteiger partial charge on any atom is 0.101 e. The summed E-state index contributed by atoms with van der Waals surface area (Å²) in [5.74, 6) is -0.0411. The Morgan fingerprint density at radius 1 is 1.78 bits per heavy atom. The van der Waals surface area contributed by atoms with E-state index in [2.05, 4.69) is 0 Å². The van der Waals surface area contributed by atoms with E-state index in [1.807, 2.05) is 13.8 Å². The van der Waals surface area contributed by atoms with E-state index in [4.69, 9.17) is 4.74 Å². The summed E-state index contributed by atoms with van der Waals surface area (Å²) in [5.41, 5.74) is 0. The molecule has 2 heteroatoms. The number of ether oxygens (including phenoxy) is 1. The van der Waals surface area contributed by atoms with Gasteiger partial charge >= 0.3 is 0 Å². The Morgan fingerprint density at radius 3 is 2.67 bits per heavy atom. The maximum atomic E-state index is 12.0. The van der Waals surface area contributed by atoms with Crippen LogP contribution in [0.2, 0.25) is 0 Å². The van der Waals surface area contributed by atoms with Gasteiger partial charge in [0, 0.05) is 6.42 Å². The van der Waals surface area contributed by atoms with E-state index in [-0.39, 0.29) is 18.0 Å². The fraction of sp³-hybridized carbons (Fsp3) is 0.714. The predicted molar refractivity (Wildman–Crippen MR) is 33.8 cm³/mol. The molecule has 1 atom stereocenters. The van der Waals surface area contributed by atoms with Crippen LogP contribution in [0, 0.1) is 0 Å². The lowest BCUT2D eigenvalue weighted by atomic mass is 10.1. The van der Waals surface area contributed by atoms with Crippen LogP contribution in [0.4, 0.5) is 4.39 Å². The van der Waals surface area contributed by atoms with Crippen molar-refractivity contribution in [2.75, 3.05) is 0 Å². The van der Waals surface area contributed by atoms with Crippen LogP contribution in [0.3, 0.4) is 0 Å². The van der Waals surface area contributed by atoms with Gasteiger partial charge in [-0.15, -0.1) is 0 Å². The van der Waals surface area contributed by atoms with Crippen LogP contribution in [0.1, 0.15) is 20.3 Å². The zero-order chi connectivity index (χ0) is 6.85. The molecular formula is C7H11FO. The smallest absolute Gasteiger partial charge is 0.101 e. The molecule has 0 bridgehead atoms. The standard InChI is InChI=1S/C7H11FO/c1-5(2)9-7-3-6(8)4-7/h3,5,7H,4H2,1-2H3. The first-order valence-corrected chi connectivity index (χ1v) is 3.20. The van der Waals surface area contributed by atoms with Gasteiger partial charge in [-0.05, 0) is 19.9 Å². The quantitative estimate of drug-likeness (QED) is 0.555. The molecule has 0 aromatic heterocycles. The first-order valence-electron chi connectivity index (χ1n) is 3.20. The number of halogens is 1. The van der Waals surface area contributed by atoms with E-state index < -0.39 is 0 Å². The predicted octanol–water partition coefficient (Wildman–Crippen LogP) is 2.04. The molecule has 1 rings (SSSR count). The molecular weight excluding hydrogens is 119 g/mol. The maximum absolute atomic E-state index is 12.0. The highest BCUT2D eigenvalue weighted by atomic mass is 19.1. The number of hydrogen-bond donors (Lipinski definition) is 0. The number of hydrogen-bond acceptors (Lipinski definition) is 1. The van der Waals surface area contributed by atoms with Crippen LogP contribution in [-0.2, 0) is 4.74 Å². The molecule has 0 fully saturated rings. The first kappa shape index (κ1) is 6.75. The zero-order valence-electron chi connectivity index (χ0n) is 5.73. The van der Waals surface area contributed by atoms with Gasteiger partial charge in [0.1, 0.15) is 5.83 Å². The van der Waals surface area contributed by atoms with E-state index in [9.17, 15) is 4.39 Å². The SMILES string of the molecule is CC(C)OC1C=C(F)C1. The molecule has 0 radical (unpaired) electrons. The Hall–Kier alpha value is -0.370. The Balaban J connectivity index is 2.19. The Morgan fingerprint density at radius 2 is 2.33 bits per heavy atom. The van der Waals surface area contributed by atoms with E-state index in [1.165, 1.54) is 6.08 Å². The van der Waals surface area contributed by atoms with Crippen molar-refractivity contribution in [1.29, 1.82) is 0 Å². The van der Waals surface area contributed by atoms with Crippen LogP contribution < -0.4 is 0 Å². The summed E-state index contributed by atoms with van der Waals surface area (Å²) in [7, 11) is 0. The lowest BCUT2D eigenvalue weighted by Gasteiger charge is -2.22. The van der Waals surface area contributed by atoms with E-state index in [0.29, 0.717) is 6.42 Å². The lowest BCUT2D eigenvalue weighted by Crippen LogP contribution is -2.21. The van der Waals surface area contributed by atoms with Crippen molar-refractivity contribution < 1.29 is 9.13 Å². The van der Waals surface area contributed by atoms with Crippen molar-refractivity contribution >= 4 is 0 Å². The minimum atomic E-state index is -0.0411. The summed E-state index contributed by atoms with van der Waals surface area (Å²) in [4.78, 5) is 0. The van der Waals surface area contributed by atoms with E-state index in [0.717, 1.165) is 0 Å². The average molecular weight is 130 g/mol. The molecule has 1 unspecified atom stereocenters. The average Bonchev–Trinajstić information content (AvgIpc) is 1.60. The van der Waals surface area contributed by atoms with Gasteiger partial charge in [-0.2, -0.15) is 0 Å². The minimum Gasteiger partial charge on any atom is -0.371 e. The second kappa shape index (κ2) is 2.48. The normalized spacial score (nSPS) is 25.8. The topological polar surface area (TPSA) is 9.23 Å². The summed E-state index contributed by atoms with van der Waals surface area (Å²) in [6.07, 6.45) is 2.24. The van der Waals surface area contributed by atoms with Gasteiger partial charge in [-0.1, -0.05) is 0 Å². The fourth-order valence-corrected chi connectivity index (χ4v) is 0.797. The molecule has 1 nitrogen and oxygen atoms in total. The molecule has 52 valence electrons. The second-order valence-electron chi connectivity index (χ2n) is 2.54. The highest BCUT2D eigenvalue weighted by Crippen LogP contribution is 2.23. The molecule has 0 aromatic carbocycles. The molecule has 0 aromatic rings. The second-order valence-corrected chi connectivity index (χ2v) is 2.54. The molecule has 0 saturated heterocycles. The van der Waals surface area contributed by atoms with Crippen molar-refractivity contribution in [2.24, 2.45) is 0 Å². The van der Waals surface area contributed by atoms with E-state index >= 15 is 0 Å². The Bertz CT molecular complexity index is 129. The van der Waals surface area contributed by atoms with Crippen molar-refractivity contribution in [3.8, 4) is 0 Å². The van der Waals surface area contributed by atoms with Gasteiger partial charge in [0.2, 0.25) is 0 Å². The highest BCUT2D eigenvalue weighted by molar-refractivity contribution is 5.11. The van der Waals surface area contributed by atoms with Crippen molar-refractivity contribution in [2.45, 2.75) is 32.5 Å². The third-order valence-electron chi connectivity index (χ3n) is 1.21. The summed E-state index contributed by atoms with van der Waals surface area (Å²) < 4.78 is 17.2. The summed E-state index contributed by atoms with van der Waals surface area (Å²) >= 11 is 0. The third kappa shape index (κ3) is 1.79. The van der Waals surface area contributed by atoms with Crippen LogP contribution in [-0.4, -0.2) is 12.2 Å². The van der Waals surface area contributed by atoms with Gasteiger partial charge in [0.05, 0.1) is 12.2 Å². The molecule has 0 aliphatic heterocycles. The molecule has 1 aliphatic rings. The van der Waals surface area contributed by atoms with Crippen LogP contribution >= 0.6 is 0 Å². The first-order chi connectivity index (χ1) is 4.18. The van der Waals surface area contributed by atoms with Gasteiger partial charge < -0.3 is 4.74 Å². The van der Waals surface area contributed by atoms with Crippen molar-refractivity contribution in [3.05, 3.63) is 11.9 Å². The van der Waals surface area contributed by atoms with Gasteiger partial charge in [0.25, 0.3) is 0 Å². The van der Waals surface area contributed by atoms with Crippen molar-refractivity contribution in [1.82, 2.24) is 0 Å². The Labute approximate surface area is 54.5 Å². The van der Waals surface area contributed by atoms with Crippen LogP contribution in [0.25, 0.3) is 0 Å². The molecule has 0 N–H and O–H groups in total. The molecule has 1 aliphatic carbocycles. The molecule has 9 heavy (non-hydrogen) atoms. The summed E-state index contributed by atoms with van der Waals surface area (Å²) in [6, 6.07) is 0. The third-order valence-corrected chi connectivity index (χ3v) is 1.21. The number of rotatable bonds is 2. The fourth-order valence-electron chi connectivity index (χ4n) is 0.797. The van der Waals surface area contributed by atoms with Crippen molar-refractivity contribution in [3.63, 3.8) is 0 Å². The zero-order valence-corrected chi connectivity index (χ0v) is 5.73. The van der Waals surface area contributed by atoms with Gasteiger partial charge in [-0.3, -0.25) is 0 Å². The van der Waals surface area contributed by atoms with Crippen LogP contribution in [0.15, 0.2) is 11.9 Å². The summed E-state index contributed by atoms with van der Waals surface area (Å²) in [6.45, 7) is 3.90. The molecule has 0 saturated carbocycles. The summed E-state index contributed by atoms with van der Waals surface area (Å²) in [5, 5.41) is 0. The van der Waals surface area contributed by atoms with Gasteiger partial charge in [0.15, 0.2) is 0 Å². The monoisotopic (exact) mass is 130 g/mol. The lowest BCUT2D eigenvalue weighted by molar-refractivity contribution is 0.0196. The molecule has 0 amide bonds. The largest absolute Gasteiger partial charge is 0.371 e. The van der Waals surface area contributed by atoms with Crippen LogP contribution in [0.5, 0.6) is 0 Å². The minimum absolute atomic E-state index is 0.0411. The highest BCUT2D eigenvalue weighted by Gasteiger charge is 2.19.